The molecule has 1 aliphatic rings. The zero-order valence-corrected chi connectivity index (χ0v) is 15.1. The van der Waals surface area contributed by atoms with Gasteiger partial charge in [0, 0.05) is 25.8 Å². The van der Waals surface area contributed by atoms with Crippen LogP contribution in [0, 0.1) is 12.8 Å². The van der Waals surface area contributed by atoms with E-state index in [1.807, 2.05) is 31.4 Å². The molecule has 1 aliphatic heterocycles. The first-order chi connectivity index (χ1) is 12.0. The molecule has 0 saturated carbocycles. The van der Waals surface area contributed by atoms with E-state index < -0.39 is 0 Å². The van der Waals surface area contributed by atoms with Crippen LogP contribution in [0.5, 0.6) is 0 Å². The van der Waals surface area contributed by atoms with Crippen molar-refractivity contribution in [3.63, 3.8) is 0 Å². The first kappa shape index (κ1) is 17.5. The summed E-state index contributed by atoms with van der Waals surface area (Å²) in [6, 6.07) is 0. The number of aryl methyl sites for hydroxylation is 1. The Kier molecular flexibility index (Phi) is 5.43. The summed E-state index contributed by atoms with van der Waals surface area (Å²) in [5.74, 6) is 0.843. The Labute approximate surface area is 148 Å². The summed E-state index contributed by atoms with van der Waals surface area (Å²) in [5, 5.41) is 0. The van der Waals surface area contributed by atoms with Gasteiger partial charge in [0.2, 0.25) is 5.76 Å². The average Bonchev–Trinajstić information content (AvgIpc) is 3.02. The van der Waals surface area contributed by atoms with Crippen molar-refractivity contribution in [1.82, 2.24) is 24.8 Å². The van der Waals surface area contributed by atoms with Gasteiger partial charge in [-0.1, -0.05) is 0 Å². The van der Waals surface area contributed by atoms with Crippen LogP contribution >= 0.6 is 0 Å². The zero-order valence-electron chi connectivity index (χ0n) is 15.1. The van der Waals surface area contributed by atoms with Crippen LogP contribution in [0.3, 0.4) is 0 Å². The Morgan fingerprint density at radius 3 is 2.44 bits per heavy atom. The Morgan fingerprint density at radius 2 is 1.88 bits per heavy atom. The lowest BCUT2D eigenvalue weighted by Crippen LogP contribution is -2.39. The lowest BCUT2D eigenvalue weighted by atomic mass is 9.92. The number of oxazole rings is 1. The van der Waals surface area contributed by atoms with Crippen LogP contribution in [-0.4, -0.2) is 57.8 Å². The quantitative estimate of drug-likeness (QED) is 0.826. The summed E-state index contributed by atoms with van der Waals surface area (Å²) in [7, 11) is 4.04. The van der Waals surface area contributed by atoms with E-state index in [1.54, 1.807) is 6.92 Å². The molecule has 1 amide bonds. The minimum Gasteiger partial charge on any atom is -0.438 e. The predicted molar refractivity (Wildman–Crippen MR) is 93.0 cm³/mol. The number of amides is 1. The van der Waals surface area contributed by atoms with Crippen LogP contribution < -0.4 is 0 Å². The highest BCUT2D eigenvalue weighted by Gasteiger charge is 2.26. The van der Waals surface area contributed by atoms with Crippen molar-refractivity contribution in [2.75, 3.05) is 27.2 Å². The van der Waals surface area contributed by atoms with Gasteiger partial charge in [0.15, 0.2) is 6.39 Å². The number of aromatic nitrogens is 3. The number of likely N-dealkylation sites (tertiary alicyclic amines) is 1. The Hall–Kier alpha value is -2.28. The Morgan fingerprint density at radius 1 is 1.20 bits per heavy atom. The van der Waals surface area contributed by atoms with Gasteiger partial charge in [0.05, 0.1) is 23.3 Å². The van der Waals surface area contributed by atoms with E-state index in [9.17, 15) is 4.79 Å². The van der Waals surface area contributed by atoms with Gasteiger partial charge in [-0.3, -0.25) is 14.8 Å². The topological polar surface area (TPSA) is 75.4 Å². The second-order valence-electron chi connectivity index (χ2n) is 6.94. The molecular formula is C18H25N5O2. The monoisotopic (exact) mass is 343 g/mol. The van der Waals surface area contributed by atoms with Crippen LogP contribution in [0.15, 0.2) is 23.2 Å². The lowest BCUT2D eigenvalue weighted by molar-refractivity contribution is 0.0657. The molecule has 134 valence electrons. The fourth-order valence-electron chi connectivity index (χ4n) is 3.18. The standard InChI is InChI=1S/C18H25N5O2/c1-13-17(25-12-21-13)18(24)23-6-4-14(5-7-23)8-15-9-20-16(10-19-15)11-22(2)3/h9-10,12,14H,4-8,11H2,1-3H3. The van der Waals surface area contributed by atoms with Gasteiger partial charge in [-0.2, -0.15) is 0 Å². The second kappa shape index (κ2) is 7.74. The first-order valence-electron chi connectivity index (χ1n) is 8.67. The van der Waals surface area contributed by atoms with Gasteiger partial charge in [-0.05, 0) is 46.2 Å². The summed E-state index contributed by atoms with van der Waals surface area (Å²) < 4.78 is 5.22. The molecule has 0 aliphatic carbocycles. The molecule has 0 unspecified atom stereocenters. The molecule has 0 N–H and O–H groups in total. The minimum atomic E-state index is -0.0544. The van der Waals surface area contributed by atoms with Gasteiger partial charge in [0.1, 0.15) is 0 Å². The van der Waals surface area contributed by atoms with E-state index in [2.05, 4.69) is 19.9 Å². The third-order valence-corrected chi connectivity index (χ3v) is 4.58. The van der Waals surface area contributed by atoms with Gasteiger partial charge < -0.3 is 14.2 Å². The molecule has 2 aromatic rings. The fraction of sp³-hybridized carbons (Fsp3) is 0.556. The highest BCUT2D eigenvalue weighted by molar-refractivity contribution is 5.92. The maximum absolute atomic E-state index is 12.4. The van der Waals surface area contributed by atoms with E-state index in [0.29, 0.717) is 17.4 Å². The van der Waals surface area contributed by atoms with Crippen LogP contribution in [0.25, 0.3) is 0 Å². The predicted octanol–water partition coefficient (Wildman–Crippen LogP) is 1.93. The van der Waals surface area contributed by atoms with E-state index >= 15 is 0 Å². The molecular weight excluding hydrogens is 318 g/mol. The molecule has 1 fully saturated rings. The average molecular weight is 343 g/mol. The van der Waals surface area contributed by atoms with Crippen molar-refractivity contribution in [2.24, 2.45) is 5.92 Å². The summed E-state index contributed by atoms with van der Waals surface area (Å²) in [4.78, 5) is 29.4. The van der Waals surface area contributed by atoms with Crippen molar-refractivity contribution in [3.8, 4) is 0 Å². The summed E-state index contributed by atoms with van der Waals surface area (Å²) >= 11 is 0. The molecule has 0 aromatic carbocycles. The number of carbonyl (C=O) groups is 1. The molecule has 0 atom stereocenters. The molecule has 0 bridgehead atoms. The van der Waals surface area contributed by atoms with Crippen LogP contribution in [0.2, 0.25) is 0 Å². The lowest BCUT2D eigenvalue weighted by Gasteiger charge is -2.31. The van der Waals surface area contributed by atoms with Gasteiger partial charge in [0.25, 0.3) is 5.91 Å². The summed E-state index contributed by atoms with van der Waals surface area (Å²) in [6.45, 7) is 4.09. The molecule has 1 saturated heterocycles. The number of rotatable bonds is 5. The summed E-state index contributed by atoms with van der Waals surface area (Å²) in [6.07, 6.45) is 7.93. The highest BCUT2D eigenvalue weighted by atomic mass is 16.3. The molecule has 7 nitrogen and oxygen atoms in total. The maximum atomic E-state index is 12.4. The van der Waals surface area contributed by atoms with E-state index in [-0.39, 0.29) is 5.91 Å². The molecule has 7 heteroatoms. The number of nitrogens with zero attached hydrogens (tertiary/aromatic N) is 5. The number of hydrogen-bond donors (Lipinski definition) is 0. The van der Waals surface area contributed by atoms with Crippen molar-refractivity contribution >= 4 is 5.91 Å². The number of carbonyl (C=O) groups excluding carboxylic acids is 1. The Bertz CT molecular complexity index is 703. The van der Waals surface area contributed by atoms with Crippen molar-refractivity contribution in [1.29, 1.82) is 0 Å². The smallest absolute Gasteiger partial charge is 0.291 e. The summed E-state index contributed by atoms with van der Waals surface area (Å²) in [5.41, 5.74) is 2.66. The zero-order chi connectivity index (χ0) is 17.8. The third kappa shape index (κ3) is 4.42. The molecule has 0 radical (unpaired) electrons. The first-order valence-corrected chi connectivity index (χ1v) is 8.67. The number of hydrogen-bond acceptors (Lipinski definition) is 6. The normalized spacial score (nSPS) is 15.8. The molecule has 2 aromatic heterocycles. The van der Waals surface area contributed by atoms with Crippen molar-refractivity contribution in [3.05, 3.63) is 41.6 Å². The van der Waals surface area contributed by atoms with Gasteiger partial charge in [-0.25, -0.2) is 4.98 Å². The van der Waals surface area contributed by atoms with E-state index in [4.69, 9.17) is 4.42 Å². The highest BCUT2D eigenvalue weighted by Crippen LogP contribution is 2.22. The number of piperidine rings is 1. The largest absolute Gasteiger partial charge is 0.438 e. The fourth-order valence-corrected chi connectivity index (χ4v) is 3.18. The molecule has 3 rings (SSSR count). The maximum Gasteiger partial charge on any atom is 0.291 e. The second-order valence-corrected chi connectivity index (χ2v) is 6.94. The van der Waals surface area contributed by atoms with Gasteiger partial charge in [-0.15, -0.1) is 0 Å². The minimum absolute atomic E-state index is 0.0544. The van der Waals surface area contributed by atoms with Crippen LogP contribution in [-0.2, 0) is 13.0 Å². The van der Waals surface area contributed by atoms with Crippen LogP contribution in [0.1, 0.15) is 40.5 Å². The SMILES string of the molecule is Cc1ncoc1C(=O)N1CCC(Cc2cnc(CN(C)C)cn2)CC1. The Balaban J connectivity index is 1.51. The van der Waals surface area contributed by atoms with Crippen molar-refractivity contribution in [2.45, 2.75) is 32.7 Å². The van der Waals surface area contributed by atoms with E-state index in [1.165, 1.54) is 6.39 Å². The molecule has 25 heavy (non-hydrogen) atoms. The third-order valence-electron chi connectivity index (χ3n) is 4.58. The molecule has 3 heterocycles. The van der Waals surface area contributed by atoms with Crippen LogP contribution in [0.4, 0.5) is 0 Å². The van der Waals surface area contributed by atoms with E-state index in [0.717, 1.165) is 50.3 Å². The van der Waals surface area contributed by atoms with Gasteiger partial charge >= 0.3 is 0 Å². The molecule has 0 spiro atoms. The van der Waals surface area contributed by atoms with Crippen molar-refractivity contribution < 1.29 is 9.21 Å².